The minimum Gasteiger partial charge on any atom is -0.480 e. The molecule has 7 nitrogen and oxygen atoms in total. The largest absolute Gasteiger partial charge is 0.480 e. The second kappa shape index (κ2) is 7.33. The van der Waals surface area contributed by atoms with Crippen LogP contribution < -0.4 is 9.46 Å². The molecule has 0 saturated carbocycles. The van der Waals surface area contributed by atoms with Gasteiger partial charge in [0, 0.05) is 34.3 Å². The number of pyridine rings is 1. The van der Waals surface area contributed by atoms with Gasteiger partial charge in [0.15, 0.2) is 0 Å². The molecular formula is C18H12F2N4O3S2. The Balaban J connectivity index is 1.75. The third-order valence-corrected chi connectivity index (χ3v) is 6.46. The van der Waals surface area contributed by atoms with Gasteiger partial charge >= 0.3 is 0 Å². The molecule has 0 saturated heterocycles. The molecule has 29 heavy (non-hydrogen) atoms. The number of thiophene rings is 1. The first-order valence-electron chi connectivity index (χ1n) is 8.09. The van der Waals surface area contributed by atoms with Gasteiger partial charge in [-0.05, 0) is 24.3 Å². The van der Waals surface area contributed by atoms with Crippen LogP contribution in [0.15, 0.2) is 53.9 Å². The van der Waals surface area contributed by atoms with Gasteiger partial charge in [-0.15, -0.1) is 11.3 Å². The van der Waals surface area contributed by atoms with Crippen LogP contribution in [0.2, 0.25) is 0 Å². The first-order chi connectivity index (χ1) is 13.9. The van der Waals surface area contributed by atoms with Gasteiger partial charge in [0.1, 0.15) is 33.4 Å². The summed E-state index contributed by atoms with van der Waals surface area (Å²) in [4.78, 5) is 13.1. The fraction of sp³-hybridized carbons (Fsp3) is 0.0556. The maximum Gasteiger partial charge on any atom is 0.264 e. The molecule has 0 aliphatic carbocycles. The van der Waals surface area contributed by atoms with Gasteiger partial charge in [0.25, 0.3) is 10.0 Å². The molecule has 0 radical (unpaired) electrons. The van der Waals surface area contributed by atoms with E-state index in [1.165, 1.54) is 37.0 Å². The molecule has 0 atom stereocenters. The fourth-order valence-corrected chi connectivity index (χ4v) is 4.71. The molecule has 0 bridgehead atoms. The van der Waals surface area contributed by atoms with E-state index in [-0.39, 0.29) is 11.6 Å². The Bertz CT molecular complexity index is 1290. The number of nitrogens with zero attached hydrogens (tertiary/aromatic N) is 3. The molecule has 1 N–H and O–H groups in total. The lowest BCUT2D eigenvalue weighted by Crippen LogP contribution is -2.15. The zero-order valence-corrected chi connectivity index (χ0v) is 16.4. The summed E-state index contributed by atoms with van der Waals surface area (Å²) in [6.45, 7) is 0. The van der Waals surface area contributed by atoms with Crippen LogP contribution in [0.1, 0.15) is 0 Å². The second-order valence-electron chi connectivity index (χ2n) is 5.85. The summed E-state index contributed by atoms with van der Waals surface area (Å²) in [6.07, 6.45) is 4.62. The highest BCUT2D eigenvalue weighted by Crippen LogP contribution is 2.35. The van der Waals surface area contributed by atoms with Crippen LogP contribution >= 0.6 is 11.3 Å². The van der Waals surface area contributed by atoms with Crippen molar-refractivity contribution in [3.05, 3.63) is 60.7 Å². The monoisotopic (exact) mass is 434 g/mol. The van der Waals surface area contributed by atoms with Crippen molar-refractivity contribution >= 4 is 37.3 Å². The Labute approximate surface area is 168 Å². The summed E-state index contributed by atoms with van der Waals surface area (Å²) < 4.78 is 59.7. The SMILES string of the molecule is COc1ncc(-c2cc3cncnc3s2)cc1NS(=O)(=O)c1ccc(F)cc1F. The fourth-order valence-electron chi connectivity index (χ4n) is 2.65. The molecule has 4 aromatic rings. The Morgan fingerprint density at radius 2 is 1.93 bits per heavy atom. The number of fused-ring (bicyclic) bond motifs is 1. The van der Waals surface area contributed by atoms with Crippen LogP contribution in [0.4, 0.5) is 14.5 Å². The van der Waals surface area contributed by atoms with Crippen molar-refractivity contribution in [3.63, 3.8) is 0 Å². The highest BCUT2D eigenvalue weighted by Gasteiger charge is 2.22. The number of aromatic nitrogens is 3. The number of benzene rings is 1. The van der Waals surface area contributed by atoms with Gasteiger partial charge in [-0.1, -0.05) is 0 Å². The van der Waals surface area contributed by atoms with Crippen molar-refractivity contribution < 1.29 is 21.9 Å². The van der Waals surface area contributed by atoms with Gasteiger partial charge in [0.05, 0.1) is 7.11 Å². The first kappa shape index (κ1) is 19.2. The number of methoxy groups -OCH3 is 1. The maximum absolute atomic E-state index is 14.0. The quantitative estimate of drug-likeness (QED) is 0.513. The zero-order chi connectivity index (χ0) is 20.6. The zero-order valence-electron chi connectivity index (χ0n) is 14.8. The highest BCUT2D eigenvalue weighted by atomic mass is 32.2. The van der Waals surface area contributed by atoms with Crippen LogP contribution in [0.5, 0.6) is 5.88 Å². The number of sulfonamides is 1. The molecule has 0 spiro atoms. The van der Waals surface area contributed by atoms with E-state index < -0.39 is 26.6 Å². The third-order valence-electron chi connectivity index (χ3n) is 3.95. The first-order valence-corrected chi connectivity index (χ1v) is 10.4. The third kappa shape index (κ3) is 3.74. The van der Waals surface area contributed by atoms with Crippen molar-refractivity contribution in [3.8, 4) is 16.3 Å². The lowest BCUT2D eigenvalue weighted by molar-refractivity contribution is 0.400. The highest BCUT2D eigenvalue weighted by molar-refractivity contribution is 7.92. The van der Waals surface area contributed by atoms with E-state index in [1.807, 2.05) is 6.07 Å². The van der Waals surface area contributed by atoms with Gasteiger partial charge in [-0.3, -0.25) is 4.72 Å². The van der Waals surface area contributed by atoms with Crippen LogP contribution in [-0.4, -0.2) is 30.5 Å². The van der Waals surface area contributed by atoms with E-state index in [9.17, 15) is 17.2 Å². The lowest BCUT2D eigenvalue weighted by atomic mass is 10.2. The van der Waals surface area contributed by atoms with Crippen LogP contribution in [0, 0.1) is 11.6 Å². The average molecular weight is 434 g/mol. The molecule has 4 rings (SSSR count). The number of ether oxygens (including phenoxy) is 1. The van der Waals surface area contributed by atoms with Crippen LogP contribution in [-0.2, 0) is 10.0 Å². The normalized spacial score (nSPS) is 11.6. The standard InChI is InChI=1S/C18H12F2N4O3S2/c1-27-17-14(24-29(25,26)16-3-2-12(19)6-13(16)20)4-10(8-22-17)15-5-11-7-21-9-23-18(11)28-15/h2-9,24H,1H3. The second-order valence-corrected chi connectivity index (χ2v) is 8.54. The maximum atomic E-state index is 14.0. The molecule has 0 aliphatic rings. The number of hydrogen-bond acceptors (Lipinski definition) is 7. The molecule has 0 aliphatic heterocycles. The minimum atomic E-state index is -4.35. The van der Waals surface area contributed by atoms with Crippen LogP contribution in [0.25, 0.3) is 20.7 Å². The summed E-state index contributed by atoms with van der Waals surface area (Å²) in [5.41, 5.74) is 0.614. The molecule has 0 unspecified atom stereocenters. The minimum absolute atomic E-state index is 0.000692. The van der Waals surface area contributed by atoms with E-state index in [0.29, 0.717) is 11.6 Å². The van der Waals surface area contributed by atoms with Crippen molar-refractivity contribution in [2.24, 2.45) is 0 Å². The predicted molar refractivity (Wildman–Crippen MR) is 104 cm³/mol. The molecule has 1 aromatic carbocycles. The molecule has 3 heterocycles. The number of anilines is 1. The number of nitrogens with one attached hydrogen (secondary N) is 1. The smallest absolute Gasteiger partial charge is 0.264 e. The van der Waals surface area contributed by atoms with Crippen molar-refractivity contribution in [1.29, 1.82) is 0 Å². The molecule has 0 fully saturated rings. The van der Waals surface area contributed by atoms with E-state index in [4.69, 9.17) is 4.74 Å². The molecular weight excluding hydrogens is 422 g/mol. The summed E-state index contributed by atoms with van der Waals surface area (Å²) in [6, 6.07) is 5.58. The van der Waals surface area contributed by atoms with Crippen molar-refractivity contribution in [2.45, 2.75) is 4.90 Å². The molecule has 3 aromatic heterocycles. The van der Waals surface area contributed by atoms with Crippen molar-refractivity contribution in [1.82, 2.24) is 15.0 Å². The molecule has 0 amide bonds. The van der Waals surface area contributed by atoms with Gasteiger partial charge < -0.3 is 4.74 Å². The Kier molecular flexibility index (Phi) is 4.84. The summed E-state index contributed by atoms with van der Waals surface area (Å²) in [5.74, 6) is -2.08. The Morgan fingerprint density at radius 3 is 2.66 bits per heavy atom. The van der Waals surface area contributed by atoms with Gasteiger partial charge in [0.2, 0.25) is 5.88 Å². The van der Waals surface area contributed by atoms with E-state index in [2.05, 4.69) is 19.7 Å². The van der Waals surface area contributed by atoms with Crippen molar-refractivity contribution in [2.75, 3.05) is 11.8 Å². The van der Waals surface area contributed by atoms with Gasteiger partial charge in [-0.2, -0.15) is 0 Å². The molecule has 11 heteroatoms. The van der Waals surface area contributed by atoms with E-state index in [1.54, 1.807) is 6.20 Å². The van der Waals surface area contributed by atoms with Gasteiger partial charge in [-0.25, -0.2) is 32.2 Å². The number of halogens is 2. The summed E-state index contributed by atoms with van der Waals surface area (Å²) in [5, 5.41) is 0.832. The lowest BCUT2D eigenvalue weighted by Gasteiger charge is -2.12. The predicted octanol–water partition coefficient (Wildman–Crippen LogP) is 3.84. The Hall–Kier alpha value is -3.18. The topological polar surface area (TPSA) is 94.1 Å². The Morgan fingerprint density at radius 1 is 1.10 bits per heavy atom. The average Bonchev–Trinajstić information content (AvgIpc) is 3.11. The van der Waals surface area contributed by atoms with Crippen LogP contribution in [0.3, 0.4) is 0 Å². The summed E-state index contributed by atoms with van der Waals surface area (Å²) >= 11 is 1.38. The number of hydrogen-bond donors (Lipinski definition) is 1. The summed E-state index contributed by atoms with van der Waals surface area (Å²) in [7, 11) is -3.02. The van der Waals surface area contributed by atoms with E-state index in [0.717, 1.165) is 27.2 Å². The number of rotatable bonds is 5. The van der Waals surface area contributed by atoms with E-state index >= 15 is 0 Å². The molecule has 148 valence electrons.